The van der Waals surface area contributed by atoms with Crippen LogP contribution in [0.15, 0.2) is 30.5 Å². The fourth-order valence-electron chi connectivity index (χ4n) is 2.95. The number of aromatic nitrogens is 2. The quantitative estimate of drug-likeness (QED) is 0.675. The molecule has 0 fully saturated rings. The number of hydrogen-bond donors (Lipinski definition) is 2. The Morgan fingerprint density at radius 2 is 2.08 bits per heavy atom. The Kier molecular flexibility index (Phi) is 4.76. The predicted molar refractivity (Wildman–Crippen MR) is 90.0 cm³/mol. The van der Waals surface area contributed by atoms with Gasteiger partial charge in [0.25, 0.3) is 0 Å². The summed E-state index contributed by atoms with van der Waals surface area (Å²) in [4.78, 5) is 7.28. The molecule has 0 aliphatic heterocycles. The molecule has 3 rings (SSSR count). The number of fused-ring (bicyclic) bond motifs is 1. The average Bonchev–Trinajstić information content (AvgIpc) is 2.94. The molecule has 6 heteroatoms. The summed E-state index contributed by atoms with van der Waals surface area (Å²) in [6, 6.07) is 5.87. The van der Waals surface area contributed by atoms with E-state index >= 15 is 0 Å². The Morgan fingerprint density at radius 3 is 2.83 bits per heavy atom. The van der Waals surface area contributed by atoms with Gasteiger partial charge in [0.2, 0.25) is 5.88 Å². The van der Waals surface area contributed by atoms with Crippen molar-refractivity contribution in [1.82, 2.24) is 9.97 Å². The second kappa shape index (κ2) is 6.97. The first kappa shape index (κ1) is 16.4. The van der Waals surface area contributed by atoms with Gasteiger partial charge in [-0.05, 0) is 49.6 Å². The minimum absolute atomic E-state index is 0.292. The second-order valence-corrected chi connectivity index (χ2v) is 5.59. The number of hydrogen-bond acceptors (Lipinski definition) is 3. The summed E-state index contributed by atoms with van der Waals surface area (Å²) < 4.78 is 33.2. The van der Waals surface area contributed by atoms with Gasteiger partial charge < -0.3 is 15.5 Å². The van der Waals surface area contributed by atoms with Gasteiger partial charge in [-0.3, -0.25) is 0 Å². The summed E-state index contributed by atoms with van der Waals surface area (Å²) in [6.07, 6.45) is 3.96. The second-order valence-electron chi connectivity index (χ2n) is 5.59. The third-order valence-electron chi connectivity index (χ3n) is 4.05. The van der Waals surface area contributed by atoms with Crippen molar-refractivity contribution in [3.8, 4) is 17.1 Å². The highest BCUT2D eigenvalue weighted by Gasteiger charge is 2.19. The Labute approximate surface area is 138 Å². The first-order chi connectivity index (χ1) is 11.7. The van der Waals surface area contributed by atoms with Crippen molar-refractivity contribution >= 4 is 10.9 Å². The number of benzene rings is 1. The zero-order valence-electron chi connectivity index (χ0n) is 13.4. The number of pyridine rings is 1. The van der Waals surface area contributed by atoms with Crippen molar-refractivity contribution in [1.29, 1.82) is 0 Å². The van der Waals surface area contributed by atoms with Crippen LogP contribution >= 0.6 is 0 Å². The highest BCUT2D eigenvalue weighted by Crippen LogP contribution is 2.36. The molecule has 0 spiro atoms. The van der Waals surface area contributed by atoms with E-state index in [-0.39, 0.29) is 0 Å². The number of ether oxygens (including phenoxy) is 1. The van der Waals surface area contributed by atoms with Gasteiger partial charge in [-0.1, -0.05) is 0 Å². The van der Waals surface area contributed by atoms with E-state index in [1.165, 1.54) is 13.2 Å². The molecule has 0 amide bonds. The molecule has 0 saturated carbocycles. The molecule has 3 N–H and O–H groups in total. The van der Waals surface area contributed by atoms with E-state index < -0.39 is 11.6 Å². The van der Waals surface area contributed by atoms with Crippen molar-refractivity contribution in [3.63, 3.8) is 0 Å². The molecule has 0 saturated heterocycles. The van der Waals surface area contributed by atoms with Crippen LogP contribution in [0.3, 0.4) is 0 Å². The van der Waals surface area contributed by atoms with Gasteiger partial charge in [-0.15, -0.1) is 0 Å². The molecule has 2 heterocycles. The molecule has 0 bridgehead atoms. The van der Waals surface area contributed by atoms with Crippen LogP contribution in [0, 0.1) is 11.6 Å². The number of halogens is 2. The third-order valence-corrected chi connectivity index (χ3v) is 4.05. The minimum atomic E-state index is -0.612. The molecule has 0 radical (unpaired) electrons. The van der Waals surface area contributed by atoms with E-state index in [9.17, 15) is 8.78 Å². The number of H-pyrrole nitrogens is 1. The van der Waals surface area contributed by atoms with Crippen LogP contribution in [-0.4, -0.2) is 23.6 Å². The number of aromatic amines is 1. The van der Waals surface area contributed by atoms with Crippen LogP contribution < -0.4 is 10.5 Å². The number of nitrogens with zero attached hydrogens (tertiary/aromatic N) is 1. The number of methoxy groups -OCH3 is 1. The van der Waals surface area contributed by atoms with Gasteiger partial charge in [0, 0.05) is 17.6 Å². The number of rotatable bonds is 6. The number of nitrogens with two attached hydrogens (primary N) is 1. The van der Waals surface area contributed by atoms with E-state index in [2.05, 4.69) is 9.97 Å². The zero-order valence-corrected chi connectivity index (χ0v) is 13.4. The fraction of sp³-hybridized carbons (Fsp3) is 0.278. The predicted octanol–water partition coefficient (Wildman–Crippen LogP) is 3.80. The molecule has 4 nitrogen and oxygen atoms in total. The molecule has 24 heavy (non-hydrogen) atoms. The van der Waals surface area contributed by atoms with E-state index in [0.717, 1.165) is 30.0 Å². The van der Waals surface area contributed by atoms with Gasteiger partial charge in [-0.2, -0.15) is 0 Å². The zero-order chi connectivity index (χ0) is 17.1. The van der Waals surface area contributed by atoms with E-state index in [1.54, 1.807) is 12.3 Å². The highest BCUT2D eigenvalue weighted by molar-refractivity contribution is 5.92. The Hall–Kier alpha value is -2.47. The van der Waals surface area contributed by atoms with Gasteiger partial charge in [0.05, 0.1) is 23.9 Å². The van der Waals surface area contributed by atoms with Crippen molar-refractivity contribution in [2.75, 3.05) is 13.7 Å². The van der Waals surface area contributed by atoms with E-state index in [0.29, 0.717) is 35.4 Å². The largest absolute Gasteiger partial charge is 0.481 e. The summed E-state index contributed by atoms with van der Waals surface area (Å²) >= 11 is 0. The molecule has 0 aliphatic rings. The van der Waals surface area contributed by atoms with Crippen molar-refractivity contribution < 1.29 is 13.5 Å². The monoisotopic (exact) mass is 331 g/mol. The fourth-order valence-corrected chi connectivity index (χ4v) is 2.95. The minimum Gasteiger partial charge on any atom is -0.481 e. The van der Waals surface area contributed by atoms with Crippen molar-refractivity contribution in [2.24, 2.45) is 5.73 Å². The van der Waals surface area contributed by atoms with Crippen LogP contribution in [0.25, 0.3) is 22.2 Å². The molecule has 2 aromatic heterocycles. The van der Waals surface area contributed by atoms with Crippen molar-refractivity contribution in [3.05, 3.63) is 47.7 Å². The third kappa shape index (κ3) is 2.97. The van der Waals surface area contributed by atoms with Crippen LogP contribution in [0.4, 0.5) is 8.78 Å². The molecule has 126 valence electrons. The molecular weight excluding hydrogens is 312 g/mol. The van der Waals surface area contributed by atoms with Crippen LogP contribution in [0.1, 0.15) is 18.4 Å². The highest BCUT2D eigenvalue weighted by atomic mass is 19.1. The Bertz CT molecular complexity index is 861. The smallest absolute Gasteiger partial charge is 0.222 e. The maximum Gasteiger partial charge on any atom is 0.222 e. The molecule has 1 aromatic carbocycles. The lowest BCUT2D eigenvalue weighted by molar-refractivity contribution is 0.399. The summed E-state index contributed by atoms with van der Waals surface area (Å²) in [5.74, 6) is -0.770. The number of unbranched alkanes of at least 4 members (excludes halogenated alkanes) is 1. The molecular formula is C18H19F2N3O. The molecule has 0 atom stereocenters. The summed E-state index contributed by atoms with van der Waals surface area (Å²) in [7, 11) is 1.53. The van der Waals surface area contributed by atoms with Crippen LogP contribution in [-0.2, 0) is 6.42 Å². The maximum absolute atomic E-state index is 14.2. The van der Waals surface area contributed by atoms with E-state index in [4.69, 9.17) is 10.5 Å². The lowest BCUT2D eigenvalue weighted by atomic mass is 10.0. The topological polar surface area (TPSA) is 63.9 Å². The van der Waals surface area contributed by atoms with Gasteiger partial charge >= 0.3 is 0 Å². The van der Waals surface area contributed by atoms with E-state index in [1.807, 2.05) is 6.07 Å². The van der Waals surface area contributed by atoms with Gasteiger partial charge in [0.15, 0.2) is 0 Å². The summed E-state index contributed by atoms with van der Waals surface area (Å²) in [6.45, 7) is 0.580. The first-order valence-electron chi connectivity index (χ1n) is 7.84. The average molecular weight is 331 g/mol. The standard InChI is InChI=1S/C18H19F2N3O/c1-24-18-13(6-4-8-22-18)16-12(5-2-3-7-21)14-9-11(19)10-15(20)17(14)23-16/h4,6,8-10,23H,2-3,5,7,21H2,1H3. The Morgan fingerprint density at radius 1 is 1.25 bits per heavy atom. The molecule has 3 aromatic rings. The van der Waals surface area contributed by atoms with Crippen LogP contribution in [0.2, 0.25) is 0 Å². The van der Waals surface area contributed by atoms with Crippen LogP contribution in [0.5, 0.6) is 5.88 Å². The number of aryl methyl sites for hydroxylation is 1. The summed E-state index contributed by atoms with van der Waals surface area (Å²) in [5, 5.41) is 0.547. The maximum atomic E-state index is 14.2. The lowest BCUT2D eigenvalue weighted by Crippen LogP contribution is -2.00. The normalized spacial score (nSPS) is 11.2. The first-order valence-corrected chi connectivity index (χ1v) is 7.84. The van der Waals surface area contributed by atoms with Gasteiger partial charge in [-0.25, -0.2) is 13.8 Å². The number of nitrogens with one attached hydrogen (secondary N) is 1. The van der Waals surface area contributed by atoms with Crippen molar-refractivity contribution in [2.45, 2.75) is 19.3 Å². The summed E-state index contributed by atoms with van der Waals surface area (Å²) in [5.41, 5.74) is 8.13. The SMILES string of the molecule is COc1ncccc1-c1[nH]c2c(F)cc(F)cc2c1CCCCN. The lowest BCUT2D eigenvalue weighted by Gasteiger charge is -2.08. The molecule has 0 unspecified atom stereocenters. The molecule has 0 aliphatic carbocycles. The van der Waals surface area contributed by atoms with Gasteiger partial charge in [0.1, 0.15) is 11.6 Å². The Balaban J connectivity index is 2.22.